The highest BCUT2D eigenvalue weighted by Gasteiger charge is 2.46. The highest BCUT2D eigenvalue weighted by atomic mass is 16.5. The number of aryl methyl sites for hydroxylation is 2. The molecule has 1 aliphatic heterocycles. The first kappa shape index (κ1) is 26.9. The number of amides is 1. The monoisotopic (exact) mass is 494 g/mol. The Morgan fingerprint density at radius 2 is 1.81 bits per heavy atom. The third-order valence-electron chi connectivity index (χ3n) is 6.41. The number of aliphatic hydroxyl groups excluding tert-OH is 1. The molecule has 1 amide bonds. The van der Waals surface area contributed by atoms with Gasteiger partial charge in [0.25, 0.3) is 11.7 Å². The number of methoxy groups -OCH3 is 1. The van der Waals surface area contributed by atoms with E-state index in [-0.39, 0.29) is 17.9 Å². The van der Waals surface area contributed by atoms with Crippen LogP contribution in [0.15, 0.2) is 42.0 Å². The van der Waals surface area contributed by atoms with Crippen LogP contribution in [0, 0.1) is 13.8 Å². The molecule has 36 heavy (non-hydrogen) atoms. The Labute approximate surface area is 212 Å². The van der Waals surface area contributed by atoms with E-state index in [4.69, 9.17) is 9.47 Å². The number of Topliss-reactive ketones (excluding diaryl/α,β-unsaturated/α-hetero) is 1. The second-order valence-electron chi connectivity index (χ2n) is 8.85. The molecule has 192 valence electrons. The fourth-order valence-electron chi connectivity index (χ4n) is 4.71. The zero-order valence-corrected chi connectivity index (χ0v) is 21.8. The van der Waals surface area contributed by atoms with E-state index in [2.05, 4.69) is 4.90 Å². The zero-order valence-electron chi connectivity index (χ0n) is 21.8. The van der Waals surface area contributed by atoms with Crippen LogP contribution < -0.4 is 9.47 Å². The minimum Gasteiger partial charge on any atom is -0.507 e. The van der Waals surface area contributed by atoms with Gasteiger partial charge in [-0.3, -0.25) is 14.4 Å². The van der Waals surface area contributed by atoms with Crippen LogP contribution in [0.3, 0.4) is 0 Å². The van der Waals surface area contributed by atoms with Gasteiger partial charge in [0.05, 0.1) is 24.3 Å². The van der Waals surface area contributed by atoms with Crippen LogP contribution >= 0.6 is 0 Å². The van der Waals surface area contributed by atoms with E-state index in [1.54, 1.807) is 30.3 Å². The Morgan fingerprint density at radius 1 is 1.11 bits per heavy atom. The van der Waals surface area contributed by atoms with E-state index in [0.29, 0.717) is 29.2 Å². The van der Waals surface area contributed by atoms with E-state index in [1.165, 1.54) is 18.9 Å². The van der Waals surface area contributed by atoms with Crippen molar-refractivity contribution in [2.24, 2.45) is 0 Å². The van der Waals surface area contributed by atoms with Crippen molar-refractivity contribution in [3.63, 3.8) is 0 Å². The van der Waals surface area contributed by atoms with Crippen LogP contribution in [0.5, 0.6) is 11.5 Å². The third-order valence-corrected chi connectivity index (χ3v) is 6.41. The number of carbonyl (C=O) groups is 3. The molecule has 0 aliphatic carbocycles. The molecule has 1 N–H and O–H groups in total. The smallest absolute Gasteiger partial charge is 0.308 e. The standard InChI is InChI=1S/C28H34N2O6/c1-7-29(8-2)12-13-30-24(20-10-9-11-21(16-20)36-19(5)31)23(26(33)28(30)34)25(32)22-15-17(3)14-18(4)27(22)35-6/h9-11,14-16,24,32H,7-8,12-13H2,1-6H3/b25-23+. The maximum atomic E-state index is 13.4. The largest absolute Gasteiger partial charge is 0.507 e. The molecule has 1 aliphatic rings. The number of carbonyl (C=O) groups excluding carboxylic acids is 3. The van der Waals surface area contributed by atoms with Crippen molar-refractivity contribution in [2.75, 3.05) is 33.3 Å². The summed E-state index contributed by atoms with van der Waals surface area (Å²) in [4.78, 5) is 41.8. The molecule has 0 aromatic heterocycles. The SMILES string of the molecule is CCN(CC)CCN1C(=O)C(=O)/C(=C(/O)c2cc(C)cc(C)c2OC)C1c1cccc(OC(C)=O)c1. The Kier molecular flexibility index (Phi) is 8.53. The van der Waals surface area contributed by atoms with Crippen molar-refractivity contribution < 1.29 is 29.0 Å². The van der Waals surface area contributed by atoms with Gasteiger partial charge >= 0.3 is 5.97 Å². The second-order valence-corrected chi connectivity index (χ2v) is 8.85. The lowest BCUT2D eigenvalue weighted by molar-refractivity contribution is -0.140. The summed E-state index contributed by atoms with van der Waals surface area (Å²) in [5.41, 5.74) is 2.54. The quantitative estimate of drug-likeness (QED) is 0.185. The molecule has 1 fully saturated rings. The number of hydrogen-bond acceptors (Lipinski definition) is 7. The number of hydrogen-bond donors (Lipinski definition) is 1. The van der Waals surface area contributed by atoms with Crippen molar-refractivity contribution in [2.45, 2.75) is 40.7 Å². The Hall–Kier alpha value is -3.65. The Balaban J connectivity index is 2.22. The van der Waals surface area contributed by atoms with Crippen molar-refractivity contribution in [1.82, 2.24) is 9.80 Å². The van der Waals surface area contributed by atoms with Crippen molar-refractivity contribution >= 4 is 23.4 Å². The maximum absolute atomic E-state index is 13.4. The minimum atomic E-state index is -0.860. The van der Waals surface area contributed by atoms with E-state index < -0.39 is 23.7 Å². The first-order valence-electron chi connectivity index (χ1n) is 12.1. The second kappa shape index (κ2) is 11.4. The van der Waals surface area contributed by atoms with Crippen LogP contribution in [0.2, 0.25) is 0 Å². The number of likely N-dealkylation sites (tertiary alicyclic amines) is 1. The van der Waals surface area contributed by atoms with Gasteiger partial charge in [-0.2, -0.15) is 0 Å². The number of benzene rings is 2. The number of rotatable bonds is 9. The summed E-state index contributed by atoms with van der Waals surface area (Å²) >= 11 is 0. The van der Waals surface area contributed by atoms with E-state index in [0.717, 1.165) is 24.2 Å². The fourth-order valence-corrected chi connectivity index (χ4v) is 4.71. The average molecular weight is 495 g/mol. The van der Waals surface area contributed by atoms with Gasteiger partial charge in [-0.1, -0.05) is 32.0 Å². The van der Waals surface area contributed by atoms with Crippen molar-refractivity contribution in [3.8, 4) is 11.5 Å². The molecular formula is C28H34N2O6. The topological polar surface area (TPSA) is 96.4 Å². The number of ketones is 1. The number of esters is 1. The lowest BCUT2D eigenvalue weighted by atomic mass is 9.93. The number of nitrogens with zero attached hydrogens (tertiary/aromatic N) is 2. The summed E-state index contributed by atoms with van der Waals surface area (Å²) in [5.74, 6) is -1.52. The van der Waals surface area contributed by atoms with Gasteiger partial charge in [0.15, 0.2) is 0 Å². The number of likely N-dealkylation sites (N-methyl/N-ethyl adjacent to an activating group) is 1. The molecule has 0 spiro atoms. The molecule has 1 atom stereocenters. The Bertz CT molecular complexity index is 1200. The van der Waals surface area contributed by atoms with Gasteiger partial charge in [0.1, 0.15) is 17.3 Å². The molecule has 0 saturated carbocycles. The third kappa shape index (κ3) is 5.44. The van der Waals surface area contributed by atoms with Gasteiger partial charge in [-0.25, -0.2) is 0 Å². The minimum absolute atomic E-state index is 0.0252. The highest BCUT2D eigenvalue weighted by molar-refractivity contribution is 6.46. The predicted octanol–water partition coefficient (Wildman–Crippen LogP) is 4.00. The lowest BCUT2D eigenvalue weighted by Crippen LogP contribution is -2.38. The molecule has 0 radical (unpaired) electrons. The molecule has 2 aromatic rings. The van der Waals surface area contributed by atoms with E-state index in [9.17, 15) is 19.5 Å². The van der Waals surface area contributed by atoms with Crippen LogP contribution in [-0.4, -0.2) is 65.9 Å². The number of aliphatic hydroxyl groups is 1. The Morgan fingerprint density at radius 3 is 2.42 bits per heavy atom. The van der Waals surface area contributed by atoms with Gasteiger partial charge in [-0.15, -0.1) is 0 Å². The normalized spacial score (nSPS) is 17.1. The van der Waals surface area contributed by atoms with Crippen LogP contribution in [-0.2, 0) is 14.4 Å². The van der Waals surface area contributed by atoms with E-state index >= 15 is 0 Å². The summed E-state index contributed by atoms with van der Waals surface area (Å²) in [6.07, 6.45) is 0. The molecular weight excluding hydrogens is 460 g/mol. The van der Waals surface area contributed by atoms with E-state index in [1.807, 2.05) is 33.8 Å². The summed E-state index contributed by atoms with van der Waals surface area (Å²) in [6.45, 7) is 11.5. The van der Waals surface area contributed by atoms with Crippen LogP contribution in [0.4, 0.5) is 0 Å². The summed E-state index contributed by atoms with van der Waals surface area (Å²) < 4.78 is 10.8. The number of ether oxygens (including phenoxy) is 2. The first-order valence-corrected chi connectivity index (χ1v) is 12.1. The molecule has 1 saturated heterocycles. The van der Waals surface area contributed by atoms with Crippen LogP contribution in [0.1, 0.15) is 49.1 Å². The highest BCUT2D eigenvalue weighted by Crippen LogP contribution is 2.42. The average Bonchev–Trinajstić information content (AvgIpc) is 3.08. The molecule has 8 nitrogen and oxygen atoms in total. The van der Waals surface area contributed by atoms with Gasteiger partial charge in [0.2, 0.25) is 0 Å². The zero-order chi connectivity index (χ0) is 26.6. The summed E-state index contributed by atoms with van der Waals surface area (Å²) in [7, 11) is 1.50. The first-order chi connectivity index (χ1) is 17.1. The van der Waals surface area contributed by atoms with Crippen molar-refractivity contribution in [3.05, 3.63) is 64.2 Å². The van der Waals surface area contributed by atoms with Gasteiger partial charge < -0.3 is 24.4 Å². The van der Waals surface area contributed by atoms with Crippen molar-refractivity contribution in [1.29, 1.82) is 0 Å². The van der Waals surface area contributed by atoms with Crippen LogP contribution in [0.25, 0.3) is 5.76 Å². The molecule has 1 heterocycles. The van der Waals surface area contributed by atoms with Gasteiger partial charge in [-0.05, 0) is 61.8 Å². The molecule has 2 aromatic carbocycles. The molecule has 8 heteroatoms. The molecule has 1 unspecified atom stereocenters. The summed E-state index contributed by atoms with van der Waals surface area (Å²) in [5, 5.41) is 11.5. The maximum Gasteiger partial charge on any atom is 0.308 e. The fraction of sp³-hybridized carbons (Fsp3) is 0.393. The van der Waals surface area contributed by atoms with Gasteiger partial charge in [0, 0.05) is 20.0 Å². The lowest BCUT2D eigenvalue weighted by Gasteiger charge is -2.28. The molecule has 0 bridgehead atoms. The summed E-state index contributed by atoms with van der Waals surface area (Å²) in [6, 6.07) is 9.47. The predicted molar refractivity (Wildman–Crippen MR) is 137 cm³/mol. The molecule has 3 rings (SSSR count).